The Morgan fingerprint density at radius 1 is 1.62 bits per heavy atom. The second-order valence-corrected chi connectivity index (χ2v) is 4.30. The Morgan fingerprint density at radius 3 is 3.00 bits per heavy atom. The maximum Gasteiger partial charge on any atom is 0.263 e. The van der Waals surface area contributed by atoms with Crippen LogP contribution in [0.5, 0.6) is 0 Å². The number of rotatable bonds is 6. The van der Waals surface area contributed by atoms with Crippen molar-refractivity contribution in [1.82, 2.24) is 5.32 Å². The maximum atomic E-state index is 11.4. The third-order valence-electron chi connectivity index (χ3n) is 2.02. The van der Waals surface area contributed by atoms with Crippen molar-refractivity contribution in [3.63, 3.8) is 0 Å². The Kier molecular flexibility index (Phi) is 5.07. The molecule has 0 radical (unpaired) electrons. The predicted molar refractivity (Wildman–Crippen MR) is 67.1 cm³/mol. The van der Waals surface area contributed by atoms with Gasteiger partial charge in [0.2, 0.25) is 0 Å². The Labute approximate surface area is 99.0 Å². The van der Waals surface area contributed by atoms with Crippen LogP contribution in [0.2, 0.25) is 0 Å². The van der Waals surface area contributed by atoms with Crippen molar-refractivity contribution in [1.29, 1.82) is 0 Å². The highest BCUT2D eigenvalue weighted by molar-refractivity contribution is 7.18. The third kappa shape index (κ3) is 3.39. The normalized spacial score (nSPS) is 10.1. The Morgan fingerprint density at radius 2 is 2.38 bits per heavy atom. The number of hydrogen-bond acceptors (Lipinski definition) is 5. The number of anilines is 2. The molecular weight excluding hydrogens is 226 g/mol. The van der Waals surface area contributed by atoms with Crippen LogP contribution in [0.4, 0.5) is 10.7 Å². The molecule has 1 amide bonds. The van der Waals surface area contributed by atoms with Crippen molar-refractivity contribution in [2.45, 2.75) is 6.42 Å². The summed E-state index contributed by atoms with van der Waals surface area (Å²) in [7, 11) is 3.26. The summed E-state index contributed by atoms with van der Waals surface area (Å²) < 4.78 is 4.94. The molecule has 0 saturated heterocycles. The van der Waals surface area contributed by atoms with E-state index in [1.54, 1.807) is 20.2 Å². The first-order valence-corrected chi connectivity index (χ1v) is 5.85. The molecule has 0 saturated carbocycles. The van der Waals surface area contributed by atoms with Gasteiger partial charge in [-0.25, -0.2) is 0 Å². The van der Waals surface area contributed by atoms with Crippen LogP contribution in [0.1, 0.15) is 16.1 Å². The molecule has 0 aliphatic rings. The monoisotopic (exact) mass is 243 g/mol. The van der Waals surface area contributed by atoms with Crippen molar-refractivity contribution in [3.05, 3.63) is 10.9 Å². The quantitative estimate of drug-likeness (QED) is 0.655. The molecule has 1 aromatic heterocycles. The summed E-state index contributed by atoms with van der Waals surface area (Å²) in [5.41, 5.74) is 6.25. The fraction of sp³-hybridized carbons (Fsp3) is 0.500. The van der Waals surface area contributed by atoms with Gasteiger partial charge in [-0.2, -0.15) is 0 Å². The van der Waals surface area contributed by atoms with Gasteiger partial charge in [0.15, 0.2) is 0 Å². The number of hydrogen-bond donors (Lipinski definition) is 3. The molecular formula is C10H17N3O2S. The lowest BCUT2D eigenvalue weighted by molar-refractivity contribution is 0.0968. The minimum Gasteiger partial charge on any atom is -0.397 e. The molecule has 1 heterocycles. The van der Waals surface area contributed by atoms with E-state index in [4.69, 9.17) is 10.5 Å². The molecule has 0 unspecified atom stereocenters. The molecule has 0 fully saturated rings. The summed E-state index contributed by atoms with van der Waals surface area (Å²) in [5, 5.41) is 6.66. The van der Waals surface area contributed by atoms with E-state index in [0.29, 0.717) is 10.6 Å². The molecule has 4 N–H and O–H groups in total. The highest BCUT2D eigenvalue weighted by atomic mass is 32.1. The summed E-state index contributed by atoms with van der Waals surface area (Å²) >= 11 is 1.36. The SMILES string of the molecule is CNC(=O)c1sc(NCCCOC)cc1N. The topological polar surface area (TPSA) is 76.4 Å². The molecule has 1 rings (SSSR count). The number of ether oxygens (including phenoxy) is 1. The predicted octanol–water partition coefficient (Wildman–Crippen LogP) is 1.14. The van der Waals surface area contributed by atoms with E-state index in [1.807, 2.05) is 0 Å². The van der Waals surface area contributed by atoms with Gasteiger partial charge in [-0.15, -0.1) is 11.3 Å². The van der Waals surface area contributed by atoms with Crippen molar-refractivity contribution >= 4 is 27.9 Å². The molecule has 90 valence electrons. The largest absolute Gasteiger partial charge is 0.397 e. The van der Waals surface area contributed by atoms with Crippen LogP contribution in [-0.4, -0.2) is 33.2 Å². The van der Waals surface area contributed by atoms with Crippen LogP contribution < -0.4 is 16.4 Å². The Bertz CT molecular complexity index is 352. The lowest BCUT2D eigenvalue weighted by Gasteiger charge is -2.01. The van der Waals surface area contributed by atoms with E-state index >= 15 is 0 Å². The lowest BCUT2D eigenvalue weighted by Crippen LogP contribution is -2.17. The van der Waals surface area contributed by atoms with Gasteiger partial charge in [0.25, 0.3) is 5.91 Å². The van der Waals surface area contributed by atoms with Crippen LogP contribution >= 0.6 is 11.3 Å². The fourth-order valence-corrected chi connectivity index (χ4v) is 2.16. The third-order valence-corrected chi connectivity index (χ3v) is 3.13. The summed E-state index contributed by atoms with van der Waals surface area (Å²) in [5.74, 6) is -0.146. The van der Waals surface area contributed by atoms with E-state index in [2.05, 4.69) is 10.6 Å². The van der Waals surface area contributed by atoms with Gasteiger partial charge in [-0.1, -0.05) is 0 Å². The number of nitrogens with one attached hydrogen (secondary N) is 2. The number of amides is 1. The molecule has 0 bridgehead atoms. The van der Waals surface area contributed by atoms with Crippen LogP contribution in [0.25, 0.3) is 0 Å². The number of nitrogen functional groups attached to an aromatic ring is 1. The van der Waals surface area contributed by atoms with Crippen LogP contribution in [-0.2, 0) is 4.74 Å². The van der Waals surface area contributed by atoms with Gasteiger partial charge in [0.05, 0.1) is 10.7 Å². The van der Waals surface area contributed by atoms with Crippen LogP contribution in [0, 0.1) is 0 Å². The second-order valence-electron chi connectivity index (χ2n) is 3.25. The molecule has 0 aliphatic carbocycles. The first-order valence-electron chi connectivity index (χ1n) is 5.03. The molecule has 16 heavy (non-hydrogen) atoms. The average Bonchev–Trinajstić information content (AvgIpc) is 2.65. The van der Waals surface area contributed by atoms with Gasteiger partial charge in [-0.05, 0) is 12.5 Å². The standard InChI is InChI=1S/C10H17N3O2S/c1-12-10(14)9-7(11)6-8(16-9)13-4-3-5-15-2/h6,13H,3-5,11H2,1-2H3,(H,12,14). The van der Waals surface area contributed by atoms with E-state index in [9.17, 15) is 4.79 Å². The van der Waals surface area contributed by atoms with Crippen molar-refractivity contribution in [2.75, 3.05) is 38.4 Å². The van der Waals surface area contributed by atoms with Gasteiger partial charge in [-0.3, -0.25) is 4.79 Å². The highest BCUT2D eigenvalue weighted by Crippen LogP contribution is 2.28. The van der Waals surface area contributed by atoms with Gasteiger partial charge in [0, 0.05) is 27.3 Å². The molecule has 0 aromatic carbocycles. The first-order chi connectivity index (χ1) is 7.69. The summed E-state index contributed by atoms with van der Waals surface area (Å²) in [6.45, 7) is 1.52. The van der Waals surface area contributed by atoms with E-state index in [-0.39, 0.29) is 5.91 Å². The number of carbonyl (C=O) groups is 1. The molecule has 5 nitrogen and oxygen atoms in total. The molecule has 6 heteroatoms. The van der Waals surface area contributed by atoms with E-state index in [1.165, 1.54) is 11.3 Å². The highest BCUT2D eigenvalue weighted by Gasteiger charge is 2.12. The summed E-state index contributed by atoms with van der Waals surface area (Å²) in [6, 6.07) is 1.78. The van der Waals surface area contributed by atoms with Gasteiger partial charge >= 0.3 is 0 Å². The fourth-order valence-electron chi connectivity index (χ4n) is 1.21. The minimum atomic E-state index is -0.146. The number of thiophene rings is 1. The minimum absolute atomic E-state index is 0.146. The first kappa shape index (κ1) is 12.8. The number of carbonyl (C=O) groups excluding carboxylic acids is 1. The van der Waals surface area contributed by atoms with E-state index in [0.717, 1.165) is 24.6 Å². The molecule has 1 aromatic rings. The average molecular weight is 243 g/mol. The molecule has 0 atom stereocenters. The zero-order valence-corrected chi connectivity index (χ0v) is 10.3. The summed E-state index contributed by atoms with van der Waals surface area (Å²) in [6.07, 6.45) is 0.920. The zero-order valence-electron chi connectivity index (χ0n) is 9.50. The summed E-state index contributed by atoms with van der Waals surface area (Å²) in [4.78, 5) is 11.9. The van der Waals surface area contributed by atoms with Gasteiger partial charge < -0.3 is 21.1 Å². The number of nitrogens with two attached hydrogens (primary N) is 1. The number of methoxy groups -OCH3 is 1. The Balaban J connectivity index is 2.52. The lowest BCUT2D eigenvalue weighted by atomic mass is 10.4. The molecule has 0 spiro atoms. The van der Waals surface area contributed by atoms with Crippen LogP contribution in [0.3, 0.4) is 0 Å². The van der Waals surface area contributed by atoms with E-state index < -0.39 is 0 Å². The molecule has 0 aliphatic heterocycles. The smallest absolute Gasteiger partial charge is 0.263 e. The van der Waals surface area contributed by atoms with Crippen molar-refractivity contribution in [3.8, 4) is 0 Å². The van der Waals surface area contributed by atoms with Crippen molar-refractivity contribution < 1.29 is 9.53 Å². The van der Waals surface area contributed by atoms with Crippen molar-refractivity contribution in [2.24, 2.45) is 0 Å². The van der Waals surface area contributed by atoms with Gasteiger partial charge in [0.1, 0.15) is 4.88 Å². The van der Waals surface area contributed by atoms with Crippen LogP contribution in [0.15, 0.2) is 6.07 Å². The second kappa shape index (κ2) is 6.34. The zero-order chi connectivity index (χ0) is 12.0. The Hall–Kier alpha value is -1.27. The maximum absolute atomic E-state index is 11.4.